The summed E-state index contributed by atoms with van der Waals surface area (Å²) in [7, 11) is -2.23. The Morgan fingerprint density at radius 2 is 1.87 bits per heavy atom. The second kappa shape index (κ2) is 9.86. The minimum absolute atomic E-state index is 0.0407. The molecule has 164 valence electrons. The van der Waals surface area contributed by atoms with Crippen molar-refractivity contribution in [1.29, 1.82) is 0 Å². The zero-order chi connectivity index (χ0) is 22.6. The van der Waals surface area contributed by atoms with E-state index in [2.05, 4.69) is 21.2 Å². The third-order valence-corrected chi connectivity index (χ3v) is 6.26. The van der Waals surface area contributed by atoms with Crippen LogP contribution < -0.4 is 19.9 Å². The van der Waals surface area contributed by atoms with E-state index in [1.807, 2.05) is 6.07 Å². The molecule has 6 nitrogen and oxygen atoms in total. The van der Waals surface area contributed by atoms with Crippen molar-refractivity contribution >= 4 is 43.2 Å². The maximum Gasteiger partial charge on any atom is 0.238 e. The number of halogens is 3. The van der Waals surface area contributed by atoms with Crippen LogP contribution in [0, 0.1) is 5.82 Å². The molecule has 10 heteroatoms. The third-order valence-electron chi connectivity index (χ3n) is 4.39. The molecule has 0 radical (unpaired) electrons. The normalized spacial score (nSPS) is 11.3. The van der Waals surface area contributed by atoms with E-state index in [0.29, 0.717) is 22.5 Å². The molecule has 3 rings (SSSR count). The molecule has 0 aliphatic heterocycles. The Morgan fingerprint density at radius 3 is 2.48 bits per heavy atom. The van der Waals surface area contributed by atoms with E-state index < -0.39 is 15.8 Å². The fourth-order valence-electron chi connectivity index (χ4n) is 2.80. The molecule has 0 aliphatic carbocycles. The molecule has 0 fully saturated rings. The molecule has 31 heavy (non-hydrogen) atoms. The fourth-order valence-corrected chi connectivity index (χ4v) is 4.13. The lowest BCUT2D eigenvalue weighted by Crippen LogP contribution is -2.12. The molecule has 0 saturated carbocycles. The predicted octanol–water partition coefficient (Wildman–Crippen LogP) is 5.09. The van der Waals surface area contributed by atoms with Crippen LogP contribution >= 0.6 is 27.5 Å². The van der Waals surface area contributed by atoms with Crippen LogP contribution in [0.3, 0.4) is 0 Å². The molecule has 3 N–H and O–H groups in total. The molecule has 0 heterocycles. The van der Waals surface area contributed by atoms with Crippen molar-refractivity contribution in [2.24, 2.45) is 5.14 Å². The summed E-state index contributed by atoms with van der Waals surface area (Å²) in [5.41, 5.74) is 1.85. The highest BCUT2D eigenvalue weighted by Crippen LogP contribution is 2.38. The van der Waals surface area contributed by atoms with E-state index in [1.54, 1.807) is 24.3 Å². The number of nitrogens with one attached hydrogen (secondary N) is 1. The standard InChI is InChI=1S/C21H19BrClFN2O4S/c1-29-20-10-13(11-26-14-5-7-15(8-6-14)31(25,27)28)9-17(22)21(20)30-12-16-18(23)3-2-4-19(16)24/h2-10,26H,11-12H2,1H3,(H2,25,27,28). The van der Waals surface area contributed by atoms with Gasteiger partial charge in [-0.05, 0) is 70.0 Å². The van der Waals surface area contributed by atoms with Gasteiger partial charge in [0.25, 0.3) is 0 Å². The number of methoxy groups -OCH3 is 1. The third kappa shape index (κ3) is 5.88. The maximum atomic E-state index is 14.0. The molecule has 3 aromatic rings. The summed E-state index contributed by atoms with van der Waals surface area (Å²) in [6.45, 7) is 0.373. The second-order valence-electron chi connectivity index (χ2n) is 6.52. The van der Waals surface area contributed by atoms with Crippen molar-refractivity contribution in [1.82, 2.24) is 0 Å². The average molecular weight is 530 g/mol. The van der Waals surface area contributed by atoms with Gasteiger partial charge in [0, 0.05) is 17.8 Å². The van der Waals surface area contributed by atoms with Crippen LogP contribution in [0.1, 0.15) is 11.1 Å². The zero-order valence-electron chi connectivity index (χ0n) is 16.4. The molecule has 0 aliphatic rings. The van der Waals surface area contributed by atoms with E-state index in [9.17, 15) is 12.8 Å². The van der Waals surface area contributed by atoms with Crippen LogP contribution in [-0.4, -0.2) is 15.5 Å². The van der Waals surface area contributed by atoms with Gasteiger partial charge in [-0.1, -0.05) is 17.7 Å². The van der Waals surface area contributed by atoms with E-state index in [4.69, 9.17) is 26.2 Å². The van der Waals surface area contributed by atoms with Crippen molar-refractivity contribution in [3.63, 3.8) is 0 Å². The Hall–Kier alpha value is -2.33. The van der Waals surface area contributed by atoms with Crippen LogP contribution in [0.15, 0.2) is 64.0 Å². The van der Waals surface area contributed by atoms with Crippen molar-refractivity contribution in [3.05, 3.63) is 81.0 Å². The number of benzene rings is 3. The summed E-state index contributed by atoms with van der Waals surface area (Å²) in [5.74, 6) is 0.433. The minimum atomic E-state index is -3.73. The second-order valence-corrected chi connectivity index (χ2v) is 9.34. The van der Waals surface area contributed by atoms with E-state index in [0.717, 1.165) is 11.3 Å². The van der Waals surface area contributed by atoms with Crippen molar-refractivity contribution in [2.75, 3.05) is 12.4 Å². The number of primary sulfonamides is 1. The van der Waals surface area contributed by atoms with Gasteiger partial charge in [0.15, 0.2) is 11.5 Å². The number of sulfonamides is 1. The first-order valence-electron chi connectivity index (χ1n) is 8.98. The van der Waals surface area contributed by atoms with Crippen molar-refractivity contribution in [2.45, 2.75) is 18.0 Å². The highest BCUT2D eigenvalue weighted by atomic mass is 79.9. The molecule has 0 atom stereocenters. The Labute approximate surface area is 193 Å². The van der Waals surface area contributed by atoms with Gasteiger partial charge in [0.2, 0.25) is 10.0 Å². The first-order valence-corrected chi connectivity index (χ1v) is 11.7. The number of hydrogen-bond acceptors (Lipinski definition) is 5. The Morgan fingerprint density at radius 1 is 1.16 bits per heavy atom. The number of nitrogens with two attached hydrogens (primary N) is 1. The predicted molar refractivity (Wildman–Crippen MR) is 122 cm³/mol. The zero-order valence-corrected chi connectivity index (χ0v) is 19.5. The lowest BCUT2D eigenvalue weighted by molar-refractivity contribution is 0.278. The van der Waals surface area contributed by atoms with Crippen LogP contribution in [-0.2, 0) is 23.2 Å². The molecule has 0 unspecified atom stereocenters. The van der Waals surface area contributed by atoms with Crippen LogP contribution in [0.25, 0.3) is 0 Å². The maximum absolute atomic E-state index is 14.0. The van der Waals surface area contributed by atoms with Crippen LogP contribution in [0.4, 0.5) is 10.1 Å². The summed E-state index contributed by atoms with van der Waals surface area (Å²) in [6.07, 6.45) is 0. The monoisotopic (exact) mass is 528 g/mol. The van der Waals surface area contributed by atoms with Gasteiger partial charge in [0.1, 0.15) is 12.4 Å². The largest absolute Gasteiger partial charge is 0.493 e. The lowest BCUT2D eigenvalue weighted by Gasteiger charge is -2.16. The molecule has 0 spiro atoms. The van der Waals surface area contributed by atoms with E-state index >= 15 is 0 Å². The van der Waals surface area contributed by atoms with Gasteiger partial charge in [0.05, 0.1) is 21.5 Å². The van der Waals surface area contributed by atoms with Gasteiger partial charge < -0.3 is 14.8 Å². The van der Waals surface area contributed by atoms with E-state index in [-0.39, 0.29) is 22.1 Å². The van der Waals surface area contributed by atoms with Crippen molar-refractivity contribution < 1.29 is 22.3 Å². The van der Waals surface area contributed by atoms with Crippen LogP contribution in [0.2, 0.25) is 5.02 Å². The number of ether oxygens (including phenoxy) is 2. The molecular formula is C21H19BrClFN2O4S. The van der Waals surface area contributed by atoms with Gasteiger partial charge in [-0.25, -0.2) is 17.9 Å². The van der Waals surface area contributed by atoms with Crippen molar-refractivity contribution in [3.8, 4) is 11.5 Å². The Kier molecular flexibility index (Phi) is 7.42. The molecule has 0 bridgehead atoms. The van der Waals surface area contributed by atoms with E-state index in [1.165, 1.54) is 31.4 Å². The molecule has 0 saturated heterocycles. The molecule has 0 aromatic heterocycles. The highest BCUT2D eigenvalue weighted by Gasteiger charge is 2.15. The number of anilines is 1. The van der Waals surface area contributed by atoms with Gasteiger partial charge in [-0.3, -0.25) is 0 Å². The SMILES string of the molecule is COc1cc(CNc2ccc(S(N)(=O)=O)cc2)cc(Br)c1OCc1c(F)cccc1Cl. The summed E-state index contributed by atoms with van der Waals surface area (Å²) in [6, 6.07) is 14.2. The average Bonchev–Trinajstić information content (AvgIpc) is 2.72. The quantitative estimate of drug-likeness (QED) is 0.424. The fraction of sp³-hybridized carbons (Fsp3) is 0.143. The van der Waals surface area contributed by atoms with Gasteiger partial charge in [-0.2, -0.15) is 0 Å². The Balaban J connectivity index is 1.73. The summed E-state index contributed by atoms with van der Waals surface area (Å²) < 4.78 is 48.5. The molecular weight excluding hydrogens is 511 g/mol. The smallest absolute Gasteiger partial charge is 0.238 e. The van der Waals surface area contributed by atoms with Gasteiger partial charge in [-0.15, -0.1) is 0 Å². The van der Waals surface area contributed by atoms with Gasteiger partial charge >= 0.3 is 0 Å². The van der Waals surface area contributed by atoms with Crippen LogP contribution in [0.5, 0.6) is 11.5 Å². The summed E-state index contributed by atoms with van der Waals surface area (Å²) >= 11 is 9.52. The lowest BCUT2D eigenvalue weighted by atomic mass is 10.2. The molecule has 0 amide bonds. The number of rotatable bonds is 8. The first kappa shape index (κ1) is 23.3. The Bertz CT molecular complexity index is 1170. The topological polar surface area (TPSA) is 90.6 Å². The minimum Gasteiger partial charge on any atom is -0.493 e. The summed E-state index contributed by atoms with van der Waals surface area (Å²) in [4.78, 5) is 0.0407. The number of hydrogen-bond donors (Lipinski definition) is 2. The summed E-state index contributed by atoms with van der Waals surface area (Å²) in [5, 5.41) is 8.58. The molecule has 3 aromatic carbocycles. The first-order chi connectivity index (χ1) is 14.7. The highest BCUT2D eigenvalue weighted by molar-refractivity contribution is 9.10.